The molecular weight excluding hydrogens is 440 g/mol. The maximum Gasteiger partial charge on any atom is 0.219 e. The lowest BCUT2D eigenvalue weighted by molar-refractivity contribution is -0.129. The largest absolute Gasteiger partial charge is 0.353 e. The van der Waals surface area contributed by atoms with E-state index >= 15 is 0 Å². The van der Waals surface area contributed by atoms with Gasteiger partial charge in [0, 0.05) is 73.9 Å². The molecule has 35 heavy (non-hydrogen) atoms. The average Bonchev–Trinajstić information content (AvgIpc) is 3.51. The van der Waals surface area contributed by atoms with E-state index in [1.54, 1.807) is 17.6 Å². The van der Waals surface area contributed by atoms with Crippen molar-refractivity contribution in [1.82, 2.24) is 29.3 Å². The van der Waals surface area contributed by atoms with Crippen LogP contribution in [0, 0.1) is 11.3 Å². The molecule has 9 nitrogen and oxygen atoms in total. The number of nitrogens with zero attached hydrogens (tertiary/aromatic N) is 8. The van der Waals surface area contributed by atoms with Crippen molar-refractivity contribution in [1.29, 1.82) is 5.26 Å². The number of carbonyl (C=O) groups is 1. The number of amides is 1. The van der Waals surface area contributed by atoms with Crippen LogP contribution >= 0.6 is 0 Å². The van der Waals surface area contributed by atoms with Crippen LogP contribution < -0.4 is 4.90 Å². The molecule has 0 aliphatic carbocycles. The number of hydrogen-bond donors (Lipinski definition) is 0. The second kappa shape index (κ2) is 8.55. The van der Waals surface area contributed by atoms with E-state index in [4.69, 9.17) is 4.98 Å². The van der Waals surface area contributed by atoms with E-state index in [0.29, 0.717) is 18.7 Å². The molecule has 0 atom stereocenters. The second-order valence-electron chi connectivity index (χ2n) is 9.85. The van der Waals surface area contributed by atoms with Gasteiger partial charge in [-0.2, -0.15) is 15.5 Å². The van der Waals surface area contributed by atoms with Gasteiger partial charge in [0.25, 0.3) is 0 Å². The lowest BCUT2D eigenvalue weighted by Gasteiger charge is -2.34. The van der Waals surface area contributed by atoms with Gasteiger partial charge in [-0.05, 0) is 39.0 Å². The van der Waals surface area contributed by atoms with Gasteiger partial charge in [0.05, 0.1) is 29.0 Å². The van der Waals surface area contributed by atoms with E-state index in [1.807, 2.05) is 46.5 Å². The minimum Gasteiger partial charge on any atom is -0.353 e. The lowest BCUT2D eigenvalue weighted by atomic mass is 10.0. The molecule has 5 heterocycles. The Kier molecular flexibility index (Phi) is 5.52. The standard InChI is InChI=1S/C26H28N8O/c1-18(35)31-7-9-32(10-8-31)24-6-5-19(13-28-24)23-11-20(16-33-25(23)21(12-27)14-29-33)22-15-30-34(17-22)26(2,3)4/h5-6,11,13-17H,7-10H2,1-4H3. The van der Waals surface area contributed by atoms with Crippen LogP contribution in [-0.2, 0) is 10.3 Å². The minimum absolute atomic E-state index is 0.110. The Balaban J connectivity index is 1.52. The SMILES string of the molecule is CC(=O)N1CCN(c2ccc(-c3cc(-c4cnn(C(C)(C)C)c4)cn4ncc(C#N)c34)cn2)CC1. The third-order valence-corrected chi connectivity index (χ3v) is 6.44. The van der Waals surface area contributed by atoms with Crippen LogP contribution in [0.3, 0.4) is 0 Å². The maximum atomic E-state index is 11.6. The lowest BCUT2D eigenvalue weighted by Crippen LogP contribution is -2.48. The van der Waals surface area contributed by atoms with Crippen molar-refractivity contribution in [3.8, 4) is 28.3 Å². The first kappa shape index (κ1) is 22.6. The zero-order chi connectivity index (χ0) is 24.7. The molecule has 9 heteroatoms. The molecule has 1 aliphatic heterocycles. The minimum atomic E-state index is -0.124. The van der Waals surface area contributed by atoms with E-state index in [1.165, 1.54) is 0 Å². The predicted octanol–water partition coefficient (Wildman–Crippen LogP) is 3.55. The number of piperazine rings is 1. The first-order chi connectivity index (χ1) is 16.7. The van der Waals surface area contributed by atoms with E-state index in [9.17, 15) is 10.1 Å². The number of pyridine rings is 2. The summed E-state index contributed by atoms with van der Waals surface area (Å²) in [5, 5.41) is 18.7. The number of rotatable bonds is 3. The molecule has 1 aliphatic rings. The van der Waals surface area contributed by atoms with Crippen molar-refractivity contribution in [3.63, 3.8) is 0 Å². The van der Waals surface area contributed by atoms with Crippen molar-refractivity contribution in [2.24, 2.45) is 0 Å². The quantitative estimate of drug-likeness (QED) is 0.456. The molecule has 0 saturated carbocycles. The Labute approximate surface area is 204 Å². The van der Waals surface area contributed by atoms with Gasteiger partial charge in [0.2, 0.25) is 5.91 Å². The first-order valence-electron chi connectivity index (χ1n) is 11.7. The van der Waals surface area contributed by atoms with Crippen molar-refractivity contribution < 1.29 is 4.79 Å². The first-order valence-corrected chi connectivity index (χ1v) is 11.7. The fourth-order valence-corrected chi connectivity index (χ4v) is 4.40. The molecule has 0 bridgehead atoms. The molecule has 1 amide bonds. The number of nitriles is 1. The third kappa shape index (κ3) is 4.23. The Morgan fingerprint density at radius 3 is 2.34 bits per heavy atom. The highest BCUT2D eigenvalue weighted by molar-refractivity contribution is 5.87. The van der Waals surface area contributed by atoms with Gasteiger partial charge in [-0.25, -0.2) is 9.50 Å². The Morgan fingerprint density at radius 1 is 0.971 bits per heavy atom. The van der Waals surface area contributed by atoms with Gasteiger partial charge in [0.1, 0.15) is 11.9 Å². The highest BCUT2D eigenvalue weighted by atomic mass is 16.2. The van der Waals surface area contributed by atoms with E-state index in [-0.39, 0.29) is 11.4 Å². The second-order valence-corrected chi connectivity index (χ2v) is 9.85. The van der Waals surface area contributed by atoms with Crippen molar-refractivity contribution in [2.75, 3.05) is 31.1 Å². The van der Waals surface area contributed by atoms with Crippen molar-refractivity contribution in [3.05, 3.63) is 54.7 Å². The van der Waals surface area contributed by atoms with Crippen LogP contribution in [0.15, 0.2) is 49.2 Å². The summed E-state index contributed by atoms with van der Waals surface area (Å²) >= 11 is 0. The van der Waals surface area contributed by atoms with E-state index in [0.717, 1.165) is 46.7 Å². The maximum absolute atomic E-state index is 11.6. The molecule has 0 unspecified atom stereocenters. The highest BCUT2D eigenvalue weighted by Gasteiger charge is 2.21. The van der Waals surface area contributed by atoms with Crippen LogP contribution in [0.2, 0.25) is 0 Å². The molecule has 1 fully saturated rings. The Morgan fingerprint density at radius 2 is 1.74 bits per heavy atom. The monoisotopic (exact) mass is 468 g/mol. The summed E-state index contributed by atoms with van der Waals surface area (Å²) < 4.78 is 3.70. The molecule has 178 valence electrons. The van der Waals surface area contributed by atoms with Crippen LogP contribution in [0.1, 0.15) is 33.3 Å². The summed E-state index contributed by atoms with van der Waals surface area (Å²) in [7, 11) is 0. The molecule has 0 aromatic carbocycles. The van der Waals surface area contributed by atoms with Crippen molar-refractivity contribution >= 4 is 17.2 Å². The summed E-state index contributed by atoms with van der Waals surface area (Å²) in [4.78, 5) is 20.4. The van der Waals surface area contributed by atoms with Gasteiger partial charge in [-0.15, -0.1) is 0 Å². The fourth-order valence-electron chi connectivity index (χ4n) is 4.40. The van der Waals surface area contributed by atoms with Crippen LogP contribution in [-0.4, -0.2) is 61.4 Å². The van der Waals surface area contributed by atoms with Gasteiger partial charge in [-0.1, -0.05) is 0 Å². The number of anilines is 1. The molecule has 0 N–H and O–H groups in total. The summed E-state index contributed by atoms with van der Waals surface area (Å²) in [6.45, 7) is 10.8. The smallest absolute Gasteiger partial charge is 0.219 e. The summed E-state index contributed by atoms with van der Waals surface area (Å²) in [5.74, 6) is 0.989. The topological polar surface area (TPSA) is 95.4 Å². The molecule has 4 aromatic rings. The van der Waals surface area contributed by atoms with E-state index < -0.39 is 0 Å². The zero-order valence-electron chi connectivity index (χ0n) is 20.4. The number of hydrogen-bond acceptors (Lipinski definition) is 6. The van der Waals surface area contributed by atoms with Gasteiger partial charge in [-0.3, -0.25) is 9.48 Å². The summed E-state index contributed by atoms with van der Waals surface area (Å²) in [6, 6.07) is 8.37. The van der Waals surface area contributed by atoms with Gasteiger partial charge < -0.3 is 9.80 Å². The van der Waals surface area contributed by atoms with Crippen LogP contribution in [0.25, 0.3) is 27.8 Å². The fraction of sp³-hybridized carbons (Fsp3) is 0.346. The molecule has 1 saturated heterocycles. The van der Waals surface area contributed by atoms with Gasteiger partial charge in [0.15, 0.2) is 0 Å². The predicted molar refractivity (Wildman–Crippen MR) is 134 cm³/mol. The normalized spacial score (nSPS) is 14.4. The van der Waals surface area contributed by atoms with Crippen LogP contribution in [0.4, 0.5) is 5.82 Å². The molecule has 5 rings (SSSR count). The molecule has 0 spiro atoms. The average molecular weight is 469 g/mol. The number of fused-ring (bicyclic) bond motifs is 1. The molecular formula is C26H28N8O. The summed E-state index contributed by atoms with van der Waals surface area (Å²) in [5.41, 5.74) is 4.87. The van der Waals surface area contributed by atoms with E-state index in [2.05, 4.69) is 48.0 Å². The highest BCUT2D eigenvalue weighted by Crippen LogP contribution is 2.33. The van der Waals surface area contributed by atoms with Gasteiger partial charge >= 0.3 is 0 Å². The number of aromatic nitrogens is 5. The number of carbonyl (C=O) groups excluding carboxylic acids is 1. The summed E-state index contributed by atoms with van der Waals surface area (Å²) in [6.07, 6.45) is 9.25. The molecule has 0 radical (unpaired) electrons. The zero-order valence-corrected chi connectivity index (χ0v) is 20.4. The van der Waals surface area contributed by atoms with Crippen LogP contribution in [0.5, 0.6) is 0 Å². The Hall–Kier alpha value is -4.19. The Bertz CT molecular complexity index is 1430. The van der Waals surface area contributed by atoms with Crippen molar-refractivity contribution in [2.45, 2.75) is 33.2 Å². The third-order valence-electron chi connectivity index (χ3n) is 6.44. The molecule has 4 aromatic heterocycles.